The molecule has 0 aromatic heterocycles. The number of carbonyl (C=O) groups is 1. The van der Waals surface area contributed by atoms with Crippen LogP contribution in [0.5, 0.6) is 0 Å². The molecule has 20 heavy (non-hydrogen) atoms. The maximum atomic E-state index is 12.0. The summed E-state index contributed by atoms with van der Waals surface area (Å²) >= 11 is 0. The van der Waals surface area contributed by atoms with E-state index in [1.165, 1.54) is 12.1 Å². The standard InChI is InChI=1S/C13H17NO5S/c1-3-18-12(10-13(15)19-4-2)14-20(16,17)11-8-6-5-7-9-11/h5-9H,3-4,10H2,1-2H3/b14-12+. The number of rotatable bonds is 6. The van der Waals surface area contributed by atoms with Gasteiger partial charge in [0.15, 0.2) is 0 Å². The molecule has 0 aliphatic carbocycles. The minimum atomic E-state index is -3.89. The fraction of sp³-hybridized carbons (Fsp3) is 0.385. The first-order chi connectivity index (χ1) is 9.49. The monoisotopic (exact) mass is 299 g/mol. The van der Waals surface area contributed by atoms with Crippen LogP contribution in [0, 0.1) is 0 Å². The van der Waals surface area contributed by atoms with E-state index in [-0.39, 0.29) is 30.4 Å². The van der Waals surface area contributed by atoms with Gasteiger partial charge in [-0.05, 0) is 26.0 Å². The van der Waals surface area contributed by atoms with Crippen LogP contribution in [-0.4, -0.2) is 33.5 Å². The fourth-order valence-corrected chi connectivity index (χ4v) is 2.38. The third-order valence-corrected chi connectivity index (χ3v) is 3.49. The minimum absolute atomic E-state index is 0.0426. The zero-order valence-corrected chi connectivity index (χ0v) is 12.2. The number of hydrogen-bond donors (Lipinski definition) is 0. The lowest BCUT2D eigenvalue weighted by Crippen LogP contribution is -2.16. The smallest absolute Gasteiger partial charge is 0.315 e. The third kappa shape index (κ3) is 5.00. The second-order valence-electron chi connectivity index (χ2n) is 3.69. The number of carbonyl (C=O) groups excluding carboxylic acids is 1. The molecular weight excluding hydrogens is 282 g/mol. The predicted molar refractivity (Wildman–Crippen MR) is 73.9 cm³/mol. The van der Waals surface area contributed by atoms with Crippen molar-refractivity contribution in [1.82, 2.24) is 0 Å². The van der Waals surface area contributed by atoms with E-state index in [0.29, 0.717) is 0 Å². The van der Waals surface area contributed by atoms with Crippen LogP contribution in [0.15, 0.2) is 39.6 Å². The lowest BCUT2D eigenvalue weighted by Gasteiger charge is -2.07. The van der Waals surface area contributed by atoms with Crippen molar-refractivity contribution < 1.29 is 22.7 Å². The molecule has 110 valence electrons. The summed E-state index contributed by atoms with van der Waals surface area (Å²) in [6.07, 6.45) is -0.312. The summed E-state index contributed by atoms with van der Waals surface area (Å²) in [6.45, 7) is 3.76. The van der Waals surface area contributed by atoms with E-state index in [9.17, 15) is 13.2 Å². The minimum Gasteiger partial charge on any atom is -0.480 e. The van der Waals surface area contributed by atoms with Gasteiger partial charge < -0.3 is 9.47 Å². The molecule has 1 aromatic rings. The number of benzene rings is 1. The molecule has 0 saturated heterocycles. The van der Waals surface area contributed by atoms with E-state index in [1.54, 1.807) is 32.0 Å². The lowest BCUT2D eigenvalue weighted by atomic mass is 10.4. The molecule has 0 aliphatic heterocycles. The van der Waals surface area contributed by atoms with Crippen LogP contribution < -0.4 is 0 Å². The Labute approximate surface area is 118 Å². The van der Waals surface area contributed by atoms with Crippen LogP contribution in [-0.2, 0) is 24.3 Å². The van der Waals surface area contributed by atoms with Crippen LogP contribution >= 0.6 is 0 Å². The van der Waals surface area contributed by atoms with Crippen molar-refractivity contribution in [2.24, 2.45) is 4.40 Å². The van der Waals surface area contributed by atoms with Gasteiger partial charge in [0.05, 0.1) is 18.1 Å². The maximum absolute atomic E-state index is 12.0. The molecule has 0 N–H and O–H groups in total. The highest BCUT2D eigenvalue weighted by Crippen LogP contribution is 2.12. The molecule has 0 spiro atoms. The molecule has 0 aliphatic rings. The molecule has 7 heteroatoms. The van der Waals surface area contributed by atoms with Gasteiger partial charge in [0.1, 0.15) is 6.42 Å². The van der Waals surface area contributed by atoms with Gasteiger partial charge in [-0.25, -0.2) is 0 Å². The molecule has 0 unspecified atom stereocenters. The second kappa shape index (κ2) is 7.64. The Hall–Kier alpha value is -1.89. The summed E-state index contributed by atoms with van der Waals surface area (Å²) < 4.78 is 37.5. The average molecular weight is 299 g/mol. The number of hydrogen-bond acceptors (Lipinski definition) is 5. The predicted octanol–water partition coefficient (Wildman–Crippen LogP) is 1.76. The molecule has 0 amide bonds. The van der Waals surface area contributed by atoms with Crippen molar-refractivity contribution in [3.8, 4) is 0 Å². The van der Waals surface area contributed by atoms with Crippen LogP contribution in [0.25, 0.3) is 0 Å². The van der Waals surface area contributed by atoms with E-state index in [2.05, 4.69) is 4.40 Å². The first kappa shape index (κ1) is 16.2. The molecule has 1 aromatic carbocycles. The SMILES string of the molecule is CCOC(=O)C/C(=N\S(=O)(=O)c1ccccc1)OCC. The first-order valence-corrected chi connectivity index (χ1v) is 7.61. The summed E-state index contributed by atoms with van der Waals surface area (Å²) in [7, 11) is -3.89. The van der Waals surface area contributed by atoms with E-state index in [4.69, 9.17) is 9.47 Å². The van der Waals surface area contributed by atoms with Crippen LogP contribution in [0.2, 0.25) is 0 Å². The van der Waals surface area contributed by atoms with Crippen molar-refractivity contribution in [3.05, 3.63) is 30.3 Å². The van der Waals surface area contributed by atoms with Crippen LogP contribution in [0.3, 0.4) is 0 Å². The van der Waals surface area contributed by atoms with Crippen molar-refractivity contribution in [2.45, 2.75) is 25.2 Å². The van der Waals surface area contributed by atoms with Gasteiger partial charge in [-0.1, -0.05) is 18.2 Å². The molecule has 0 radical (unpaired) electrons. The molecule has 0 saturated carbocycles. The van der Waals surface area contributed by atoms with Crippen molar-refractivity contribution in [2.75, 3.05) is 13.2 Å². The summed E-state index contributed by atoms with van der Waals surface area (Å²) in [6, 6.07) is 7.73. The summed E-state index contributed by atoms with van der Waals surface area (Å²) in [5.74, 6) is -0.752. The molecule has 1 rings (SSSR count). The maximum Gasteiger partial charge on any atom is 0.315 e. The highest BCUT2D eigenvalue weighted by molar-refractivity contribution is 7.90. The lowest BCUT2D eigenvalue weighted by molar-refractivity contribution is -0.141. The Balaban J connectivity index is 2.98. The Kier molecular flexibility index (Phi) is 6.17. The summed E-state index contributed by atoms with van der Waals surface area (Å²) in [5.41, 5.74) is 0. The molecule has 0 fully saturated rings. The summed E-state index contributed by atoms with van der Waals surface area (Å²) in [4.78, 5) is 11.4. The Bertz CT molecular complexity index is 566. The topological polar surface area (TPSA) is 82.0 Å². The molecule has 0 heterocycles. The Morgan fingerprint density at radius 3 is 2.25 bits per heavy atom. The van der Waals surface area contributed by atoms with Gasteiger partial charge >= 0.3 is 5.97 Å². The number of esters is 1. The first-order valence-electron chi connectivity index (χ1n) is 6.17. The molecule has 6 nitrogen and oxygen atoms in total. The van der Waals surface area contributed by atoms with Crippen LogP contribution in [0.1, 0.15) is 20.3 Å². The van der Waals surface area contributed by atoms with Crippen molar-refractivity contribution in [3.63, 3.8) is 0 Å². The molecule has 0 bridgehead atoms. The molecular formula is C13H17NO5S. The van der Waals surface area contributed by atoms with Gasteiger partial charge in [0, 0.05) is 0 Å². The van der Waals surface area contributed by atoms with Gasteiger partial charge in [0.25, 0.3) is 10.0 Å². The van der Waals surface area contributed by atoms with Crippen molar-refractivity contribution >= 4 is 21.9 Å². The normalized spacial score (nSPS) is 12.0. The highest BCUT2D eigenvalue weighted by Gasteiger charge is 2.17. The van der Waals surface area contributed by atoms with Gasteiger partial charge in [-0.3, -0.25) is 4.79 Å². The number of sulfonamides is 1. The zero-order chi connectivity index (χ0) is 15.0. The highest BCUT2D eigenvalue weighted by atomic mass is 32.2. The Morgan fingerprint density at radius 1 is 1.10 bits per heavy atom. The van der Waals surface area contributed by atoms with Crippen LogP contribution in [0.4, 0.5) is 0 Å². The second-order valence-corrected chi connectivity index (χ2v) is 5.29. The zero-order valence-electron chi connectivity index (χ0n) is 11.4. The largest absolute Gasteiger partial charge is 0.480 e. The summed E-state index contributed by atoms with van der Waals surface area (Å²) in [5, 5.41) is 0. The van der Waals surface area contributed by atoms with E-state index in [0.717, 1.165) is 0 Å². The quantitative estimate of drug-likeness (QED) is 0.454. The van der Waals surface area contributed by atoms with E-state index < -0.39 is 16.0 Å². The van der Waals surface area contributed by atoms with Gasteiger partial charge in [0.2, 0.25) is 5.90 Å². The van der Waals surface area contributed by atoms with Crippen molar-refractivity contribution in [1.29, 1.82) is 0 Å². The fourth-order valence-electron chi connectivity index (χ4n) is 1.39. The number of nitrogens with zero attached hydrogens (tertiary/aromatic N) is 1. The third-order valence-electron chi connectivity index (χ3n) is 2.17. The number of ether oxygens (including phenoxy) is 2. The van der Waals surface area contributed by atoms with E-state index in [1.807, 2.05) is 0 Å². The average Bonchev–Trinajstić information content (AvgIpc) is 2.39. The van der Waals surface area contributed by atoms with Gasteiger partial charge in [-0.15, -0.1) is 4.40 Å². The van der Waals surface area contributed by atoms with E-state index >= 15 is 0 Å². The molecule has 0 atom stereocenters. The Morgan fingerprint density at radius 2 is 1.70 bits per heavy atom. The van der Waals surface area contributed by atoms with Gasteiger partial charge in [-0.2, -0.15) is 8.42 Å².